The number of thioether (sulfide) groups is 1. The number of aryl methyl sites for hydroxylation is 2. The first-order valence-corrected chi connectivity index (χ1v) is 12.1. The van der Waals surface area contributed by atoms with Crippen molar-refractivity contribution in [2.75, 3.05) is 12.4 Å². The molecular weight excluding hydrogens is 394 g/mol. The second kappa shape index (κ2) is 7.80. The first-order chi connectivity index (χ1) is 13.7. The van der Waals surface area contributed by atoms with Crippen molar-refractivity contribution in [3.63, 3.8) is 0 Å². The molecule has 1 saturated carbocycles. The molecule has 0 spiro atoms. The van der Waals surface area contributed by atoms with Crippen LogP contribution in [0.15, 0.2) is 9.95 Å². The molecule has 1 aliphatic heterocycles. The van der Waals surface area contributed by atoms with Gasteiger partial charge in [0.15, 0.2) is 5.16 Å². The third kappa shape index (κ3) is 3.74. The second-order valence-electron chi connectivity index (χ2n) is 7.97. The van der Waals surface area contributed by atoms with Gasteiger partial charge in [0.25, 0.3) is 5.56 Å². The van der Waals surface area contributed by atoms with Gasteiger partial charge in [0.2, 0.25) is 5.91 Å². The van der Waals surface area contributed by atoms with E-state index in [9.17, 15) is 9.59 Å². The van der Waals surface area contributed by atoms with Crippen LogP contribution in [0, 0.1) is 0 Å². The Morgan fingerprint density at radius 1 is 1.25 bits per heavy atom. The van der Waals surface area contributed by atoms with Gasteiger partial charge in [0.05, 0.1) is 23.8 Å². The van der Waals surface area contributed by atoms with E-state index in [2.05, 4.69) is 5.32 Å². The highest BCUT2D eigenvalue weighted by molar-refractivity contribution is 7.99. The minimum absolute atomic E-state index is 0.0241. The van der Waals surface area contributed by atoms with Crippen molar-refractivity contribution in [3.8, 4) is 0 Å². The van der Waals surface area contributed by atoms with Gasteiger partial charge in [-0.3, -0.25) is 14.2 Å². The fourth-order valence-corrected chi connectivity index (χ4v) is 6.23. The Morgan fingerprint density at radius 2 is 2.11 bits per heavy atom. The van der Waals surface area contributed by atoms with Crippen LogP contribution in [-0.2, 0) is 28.9 Å². The molecule has 1 unspecified atom stereocenters. The summed E-state index contributed by atoms with van der Waals surface area (Å²) in [4.78, 5) is 32.6. The van der Waals surface area contributed by atoms with Crippen LogP contribution in [0.5, 0.6) is 0 Å². The summed E-state index contributed by atoms with van der Waals surface area (Å²) in [5, 5.41) is 4.47. The molecule has 6 nitrogen and oxygen atoms in total. The third-order valence-corrected chi connectivity index (χ3v) is 7.89. The van der Waals surface area contributed by atoms with Crippen molar-refractivity contribution in [2.45, 2.75) is 75.2 Å². The first-order valence-electron chi connectivity index (χ1n) is 10.3. The molecule has 1 saturated heterocycles. The van der Waals surface area contributed by atoms with Gasteiger partial charge in [-0.25, -0.2) is 4.98 Å². The maximum absolute atomic E-state index is 13.5. The van der Waals surface area contributed by atoms with Gasteiger partial charge >= 0.3 is 0 Å². The van der Waals surface area contributed by atoms with E-state index < -0.39 is 0 Å². The molecule has 3 aliphatic rings. The molecular formula is C20H25N3O3S2. The van der Waals surface area contributed by atoms with Crippen molar-refractivity contribution in [1.82, 2.24) is 14.9 Å². The van der Waals surface area contributed by atoms with E-state index in [1.807, 2.05) is 0 Å². The van der Waals surface area contributed by atoms with Gasteiger partial charge in [0, 0.05) is 17.5 Å². The molecule has 2 fully saturated rings. The summed E-state index contributed by atoms with van der Waals surface area (Å²) in [5.74, 6) is 0.321. The number of hydrogen-bond donors (Lipinski definition) is 1. The predicted molar refractivity (Wildman–Crippen MR) is 111 cm³/mol. The van der Waals surface area contributed by atoms with Gasteiger partial charge in [-0.05, 0) is 56.9 Å². The van der Waals surface area contributed by atoms with Crippen molar-refractivity contribution < 1.29 is 9.53 Å². The molecule has 0 bridgehead atoms. The number of nitrogens with zero attached hydrogens (tertiary/aromatic N) is 2. The lowest BCUT2D eigenvalue weighted by Crippen LogP contribution is -2.30. The summed E-state index contributed by atoms with van der Waals surface area (Å²) in [5.41, 5.74) is 1.26. The largest absolute Gasteiger partial charge is 0.376 e. The number of hydrogen-bond acceptors (Lipinski definition) is 6. The summed E-state index contributed by atoms with van der Waals surface area (Å²) < 4.78 is 7.56. The van der Waals surface area contributed by atoms with Crippen LogP contribution < -0.4 is 10.9 Å². The number of amides is 1. The molecule has 2 aliphatic carbocycles. The van der Waals surface area contributed by atoms with Crippen molar-refractivity contribution >= 4 is 39.2 Å². The minimum Gasteiger partial charge on any atom is -0.376 e. The highest BCUT2D eigenvalue weighted by atomic mass is 32.2. The van der Waals surface area contributed by atoms with E-state index in [4.69, 9.17) is 9.72 Å². The lowest BCUT2D eigenvalue weighted by Gasteiger charge is -2.16. The number of thiophene rings is 1. The Bertz CT molecular complexity index is 958. The summed E-state index contributed by atoms with van der Waals surface area (Å²) in [6.45, 7) is 1.29. The second-order valence-corrected chi connectivity index (χ2v) is 9.99. The van der Waals surface area contributed by atoms with Crippen LogP contribution in [0.1, 0.15) is 49.0 Å². The smallest absolute Gasteiger partial charge is 0.263 e. The number of ether oxygens (including phenoxy) is 1. The maximum atomic E-state index is 13.5. The Hall–Kier alpha value is -1.38. The van der Waals surface area contributed by atoms with Crippen molar-refractivity contribution in [2.24, 2.45) is 0 Å². The van der Waals surface area contributed by atoms with E-state index in [-0.39, 0.29) is 17.6 Å². The zero-order valence-electron chi connectivity index (χ0n) is 15.9. The van der Waals surface area contributed by atoms with E-state index in [0.29, 0.717) is 23.5 Å². The minimum atomic E-state index is 0.0241. The summed E-state index contributed by atoms with van der Waals surface area (Å²) in [6.07, 6.45) is 8.57. The number of nitrogens with one attached hydrogen (secondary N) is 1. The molecule has 2 aromatic heterocycles. The number of carbonyl (C=O) groups excluding carboxylic acids is 1. The van der Waals surface area contributed by atoms with Gasteiger partial charge in [0.1, 0.15) is 4.83 Å². The van der Waals surface area contributed by atoms with E-state index in [1.165, 1.54) is 28.6 Å². The summed E-state index contributed by atoms with van der Waals surface area (Å²) in [7, 11) is 0. The molecule has 2 aromatic rings. The SMILES string of the molecule is O=C(CSc1nc2sc3c(c2c(=O)n1CC1CCCO1)CCCC3)NC1CC1. The Balaban J connectivity index is 1.49. The average molecular weight is 420 g/mol. The zero-order chi connectivity index (χ0) is 19.1. The number of rotatable bonds is 6. The average Bonchev–Trinajstić information content (AvgIpc) is 3.21. The lowest BCUT2D eigenvalue weighted by molar-refractivity contribution is -0.118. The van der Waals surface area contributed by atoms with Crippen LogP contribution in [-0.4, -0.2) is 40.0 Å². The van der Waals surface area contributed by atoms with Crippen LogP contribution in [0.4, 0.5) is 0 Å². The Labute approximate surface area is 172 Å². The predicted octanol–water partition coefficient (Wildman–Crippen LogP) is 2.89. The van der Waals surface area contributed by atoms with Crippen LogP contribution in [0.3, 0.4) is 0 Å². The van der Waals surface area contributed by atoms with E-state index >= 15 is 0 Å². The molecule has 1 amide bonds. The van der Waals surface area contributed by atoms with Crippen molar-refractivity contribution in [1.29, 1.82) is 0 Å². The van der Waals surface area contributed by atoms with Crippen LogP contribution >= 0.6 is 23.1 Å². The molecule has 0 radical (unpaired) electrons. The zero-order valence-corrected chi connectivity index (χ0v) is 17.5. The van der Waals surface area contributed by atoms with Crippen LogP contribution in [0.2, 0.25) is 0 Å². The van der Waals surface area contributed by atoms with Crippen molar-refractivity contribution in [3.05, 3.63) is 20.8 Å². The highest BCUT2D eigenvalue weighted by Gasteiger charge is 2.26. The molecule has 28 heavy (non-hydrogen) atoms. The maximum Gasteiger partial charge on any atom is 0.263 e. The standard InChI is InChI=1S/C20H25N3O3S2/c24-16(21-12-7-8-12)11-27-20-22-18-17(14-5-1-2-6-15(14)28-18)19(25)23(20)10-13-4-3-9-26-13/h12-13H,1-11H2,(H,21,24). The molecule has 0 aromatic carbocycles. The Kier molecular flexibility index (Phi) is 5.19. The topological polar surface area (TPSA) is 73.2 Å². The normalized spacial score (nSPS) is 21.8. The molecule has 3 heterocycles. The van der Waals surface area contributed by atoms with Gasteiger partial charge < -0.3 is 10.1 Å². The fraction of sp³-hybridized carbons (Fsp3) is 0.650. The highest BCUT2D eigenvalue weighted by Crippen LogP contribution is 2.35. The summed E-state index contributed by atoms with van der Waals surface area (Å²) >= 11 is 3.04. The quantitative estimate of drug-likeness (QED) is 0.576. The van der Waals surface area contributed by atoms with Gasteiger partial charge in [-0.15, -0.1) is 11.3 Å². The fourth-order valence-electron chi connectivity index (χ4n) is 4.11. The molecule has 150 valence electrons. The number of aromatic nitrogens is 2. The van der Waals surface area contributed by atoms with E-state index in [1.54, 1.807) is 15.9 Å². The molecule has 5 rings (SSSR count). The van der Waals surface area contributed by atoms with Crippen LogP contribution in [0.25, 0.3) is 10.2 Å². The van der Waals surface area contributed by atoms with Gasteiger partial charge in [-0.1, -0.05) is 11.8 Å². The monoisotopic (exact) mass is 419 g/mol. The van der Waals surface area contributed by atoms with E-state index in [0.717, 1.165) is 61.8 Å². The van der Waals surface area contributed by atoms with Gasteiger partial charge in [-0.2, -0.15) is 0 Å². The molecule has 8 heteroatoms. The lowest BCUT2D eigenvalue weighted by atomic mass is 9.97. The summed E-state index contributed by atoms with van der Waals surface area (Å²) in [6, 6.07) is 0.349. The molecule has 1 atom stereocenters. The molecule has 1 N–H and O–H groups in total. The third-order valence-electron chi connectivity index (χ3n) is 5.72. The number of carbonyl (C=O) groups is 1. The number of fused-ring (bicyclic) bond motifs is 3. The first kappa shape index (κ1) is 18.6. The Morgan fingerprint density at radius 3 is 2.89 bits per heavy atom.